The Bertz CT molecular complexity index is 717. The molecule has 2 heterocycles. The molecule has 0 amide bonds. The number of sulfonamides is 1. The van der Waals surface area contributed by atoms with E-state index in [-0.39, 0.29) is 6.54 Å². The third-order valence-corrected chi connectivity index (χ3v) is 7.07. The lowest BCUT2D eigenvalue weighted by molar-refractivity contribution is 0.583. The minimum absolute atomic E-state index is 0.244. The molecular formula is C13H17N3O2S3. The van der Waals surface area contributed by atoms with E-state index in [4.69, 9.17) is 0 Å². The fourth-order valence-electron chi connectivity index (χ4n) is 1.84. The van der Waals surface area contributed by atoms with Gasteiger partial charge in [-0.05, 0) is 31.9 Å². The van der Waals surface area contributed by atoms with Crippen molar-refractivity contribution >= 4 is 32.7 Å². The average molecular weight is 343 g/mol. The highest BCUT2D eigenvalue weighted by Gasteiger charge is 2.21. The molecule has 1 saturated carbocycles. The van der Waals surface area contributed by atoms with Crippen LogP contribution in [-0.2, 0) is 23.1 Å². The normalized spacial score (nSPS) is 15.5. The zero-order chi connectivity index (χ0) is 14.9. The molecule has 2 aromatic heterocycles. The summed E-state index contributed by atoms with van der Waals surface area (Å²) in [7, 11) is -3.44. The van der Waals surface area contributed by atoms with Gasteiger partial charge in [-0.15, -0.1) is 22.7 Å². The first-order valence-electron chi connectivity index (χ1n) is 6.76. The van der Waals surface area contributed by atoms with E-state index in [1.807, 2.05) is 18.4 Å². The number of hydrogen-bond donors (Lipinski definition) is 2. The van der Waals surface area contributed by atoms with Gasteiger partial charge in [0.1, 0.15) is 9.22 Å². The quantitative estimate of drug-likeness (QED) is 0.809. The van der Waals surface area contributed by atoms with Crippen LogP contribution in [0.4, 0.5) is 0 Å². The smallest absolute Gasteiger partial charge is 0.250 e. The Labute approximate surface area is 132 Å². The fraction of sp³-hybridized carbons (Fsp3) is 0.462. The Hall–Kier alpha value is -0.800. The minimum Gasteiger partial charge on any atom is -0.309 e. The van der Waals surface area contributed by atoms with Gasteiger partial charge in [-0.3, -0.25) is 0 Å². The monoisotopic (exact) mass is 343 g/mol. The molecule has 0 aliphatic heterocycles. The van der Waals surface area contributed by atoms with Gasteiger partial charge in [0.2, 0.25) is 10.0 Å². The number of nitrogens with one attached hydrogen (secondary N) is 2. The van der Waals surface area contributed by atoms with Crippen LogP contribution in [0.1, 0.15) is 28.4 Å². The van der Waals surface area contributed by atoms with Crippen molar-refractivity contribution in [2.75, 3.05) is 0 Å². The van der Waals surface area contributed by atoms with Crippen molar-refractivity contribution in [1.29, 1.82) is 0 Å². The Kier molecular flexibility index (Phi) is 4.41. The maximum absolute atomic E-state index is 12.2. The van der Waals surface area contributed by atoms with E-state index in [0.717, 1.165) is 22.1 Å². The summed E-state index contributed by atoms with van der Waals surface area (Å²) in [4.78, 5) is 5.30. The maximum atomic E-state index is 12.2. The Balaban J connectivity index is 1.60. The summed E-state index contributed by atoms with van der Waals surface area (Å²) < 4.78 is 27.4. The van der Waals surface area contributed by atoms with Crippen molar-refractivity contribution in [1.82, 2.24) is 15.0 Å². The van der Waals surface area contributed by atoms with Gasteiger partial charge >= 0.3 is 0 Å². The second kappa shape index (κ2) is 6.13. The van der Waals surface area contributed by atoms with Crippen molar-refractivity contribution in [2.24, 2.45) is 0 Å². The predicted octanol–water partition coefficient (Wildman–Crippen LogP) is 2.24. The SMILES string of the molecule is Cc1csc(CNS(=O)(=O)c2ccc(CNC3CC3)s2)n1. The summed E-state index contributed by atoms with van der Waals surface area (Å²) in [5.41, 5.74) is 0.916. The lowest BCUT2D eigenvalue weighted by Crippen LogP contribution is -2.22. The first-order chi connectivity index (χ1) is 10.0. The number of thiazole rings is 1. The Morgan fingerprint density at radius 3 is 2.81 bits per heavy atom. The molecule has 0 radical (unpaired) electrons. The topological polar surface area (TPSA) is 71.1 Å². The van der Waals surface area contributed by atoms with Gasteiger partial charge in [-0.2, -0.15) is 0 Å². The van der Waals surface area contributed by atoms with E-state index in [2.05, 4.69) is 15.0 Å². The van der Waals surface area contributed by atoms with Gasteiger partial charge in [-0.1, -0.05) is 0 Å². The second-order valence-corrected chi connectivity index (χ2v) is 9.19. The van der Waals surface area contributed by atoms with Gasteiger partial charge in [-0.25, -0.2) is 18.1 Å². The minimum atomic E-state index is -3.44. The van der Waals surface area contributed by atoms with E-state index in [0.29, 0.717) is 10.3 Å². The van der Waals surface area contributed by atoms with Crippen LogP contribution in [0.2, 0.25) is 0 Å². The largest absolute Gasteiger partial charge is 0.309 e. The number of thiophene rings is 1. The fourth-order valence-corrected chi connectivity index (χ4v) is 4.98. The van der Waals surface area contributed by atoms with E-state index >= 15 is 0 Å². The molecule has 2 aromatic rings. The Morgan fingerprint density at radius 1 is 1.33 bits per heavy atom. The molecule has 5 nitrogen and oxygen atoms in total. The summed E-state index contributed by atoms with van der Waals surface area (Å²) in [6.45, 7) is 2.89. The average Bonchev–Trinajstić information content (AvgIpc) is 2.97. The molecule has 0 unspecified atom stereocenters. The molecule has 3 rings (SSSR count). The van der Waals surface area contributed by atoms with Crippen molar-refractivity contribution in [3.63, 3.8) is 0 Å². The third-order valence-electron chi connectivity index (χ3n) is 3.12. The summed E-state index contributed by atoms with van der Waals surface area (Å²) >= 11 is 2.78. The molecule has 0 atom stereocenters. The van der Waals surface area contributed by atoms with E-state index in [1.165, 1.54) is 35.5 Å². The number of rotatable bonds is 7. The van der Waals surface area contributed by atoms with Crippen LogP contribution in [0.5, 0.6) is 0 Å². The molecule has 2 N–H and O–H groups in total. The van der Waals surface area contributed by atoms with Gasteiger partial charge < -0.3 is 5.32 Å². The van der Waals surface area contributed by atoms with Crippen molar-refractivity contribution in [2.45, 2.75) is 43.1 Å². The highest BCUT2D eigenvalue weighted by Crippen LogP contribution is 2.24. The van der Waals surface area contributed by atoms with Crippen LogP contribution in [0, 0.1) is 6.92 Å². The van der Waals surface area contributed by atoms with Crippen LogP contribution in [0.25, 0.3) is 0 Å². The molecular weight excluding hydrogens is 326 g/mol. The van der Waals surface area contributed by atoms with Crippen LogP contribution in [0.3, 0.4) is 0 Å². The standard InChI is InChI=1S/C13H17N3O2S3/c1-9-8-19-12(16-9)7-15-21(17,18)13-5-4-11(20-13)6-14-10-2-3-10/h4-5,8,10,14-15H,2-3,6-7H2,1H3. The molecule has 0 bridgehead atoms. The second-order valence-electron chi connectivity index (χ2n) is 5.08. The number of aryl methyl sites for hydroxylation is 1. The molecule has 0 saturated heterocycles. The zero-order valence-corrected chi connectivity index (χ0v) is 14.1. The van der Waals surface area contributed by atoms with Gasteiger partial charge in [0.25, 0.3) is 0 Å². The number of aromatic nitrogens is 1. The highest BCUT2D eigenvalue weighted by molar-refractivity contribution is 7.91. The van der Waals surface area contributed by atoms with Crippen LogP contribution in [-0.4, -0.2) is 19.4 Å². The first kappa shape index (κ1) is 15.1. The van der Waals surface area contributed by atoms with Crippen LogP contribution >= 0.6 is 22.7 Å². The zero-order valence-electron chi connectivity index (χ0n) is 11.6. The van der Waals surface area contributed by atoms with E-state index < -0.39 is 10.0 Å². The maximum Gasteiger partial charge on any atom is 0.250 e. The highest BCUT2D eigenvalue weighted by atomic mass is 32.2. The molecule has 1 aliphatic carbocycles. The lowest BCUT2D eigenvalue weighted by atomic mass is 10.4. The van der Waals surface area contributed by atoms with Crippen LogP contribution in [0.15, 0.2) is 21.7 Å². The first-order valence-corrected chi connectivity index (χ1v) is 9.93. The molecule has 1 aliphatic rings. The van der Waals surface area contributed by atoms with Gasteiger partial charge in [0.05, 0.1) is 6.54 Å². The van der Waals surface area contributed by atoms with Gasteiger partial charge in [0.15, 0.2) is 0 Å². The molecule has 0 spiro atoms. The molecule has 114 valence electrons. The lowest BCUT2D eigenvalue weighted by Gasteiger charge is -2.02. The molecule has 8 heteroatoms. The van der Waals surface area contributed by atoms with E-state index in [9.17, 15) is 8.42 Å². The summed E-state index contributed by atoms with van der Waals surface area (Å²) in [5, 5.41) is 6.08. The molecule has 21 heavy (non-hydrogen) atoms. The van der Waals surface area contributed by atoms with Crippen LogP contribution < -0.4 is 10.0 Å². The summed E-state index contributed by atoms with van der Waals surface area (Å²) in [6.07, 6.45) is 2.45. The summed E-state index contributed by atoms with van der Waals surface area (Å²) in [6, 6.07) is 4.17. The van der Waals surface area contributed by atoms with Gasteiger partial charge in [0, 0.05) is 28.5 Å². The molecule has 0 aromatic carbocycles. The molecule has 1 fully saturated rings. The number of hydrogen-bond acceptors (Lipinski definition) is 6. The van der Waals surface area contributed by atoms with Crippen molar-refractivity contribution in [3.05, 3.63) is 33.1 Å². The summed E-state index contributed by atoms with van der Waals surface area (Å²) in [5.74, 6) is 0. The third kappa shape index (κ3) is 4.10. The van der Waals surface area contributed by atoms with E-state index in [1.54, 1.807) is 6.07 Å². The number of nitrogens with zero attached hydrogens (tertiary/aromatic N) is 1. The predicted molar refractivity (Wildman–Crippen MR) is 85.1 cm³/mol. The van der Waals surface area contributed by atoms with Crippen molar-refractivity contribution in [3.8, 4) is 0 Å². The van der Waals surface area contributed by atoms with Crippen molar-refractivity contribution < 1.29 is 8.42 Å². The Morgan fingerprint density at radius 2 is 2.14 bits per heavy atom.